The van der Waals surface area contributed by atoms with E-state index in [1.165, 1.54) is 0 Å². The van der Waals surface area contributed by atoms with Crippen LogP contribution in [0.25, 0.3) is 0 Å². The fourth-order valence-corrected chi connectivity index (χ4v) is 1.28. The highest BCUT2D eigenvalue weighted by Crippen LogP contribution is 2.26. The normalized spacial score (nSPS) is 11.1. The molecular weight excluding hydrogens is 212 g/mol. The fourth-order valence-electron chi connectivity index (χ4n) is 1.10. The first kappa shape index (κ1) is 12.0. The Labute approximate surface area is 95.3 Å². The molecule has 0 amide bonds. The molecular formula is C10H17ClN4. The van der Waals surface area contributed by atoms with Gasteiger partial charge in [0.2, 0.25) is 0 Å². The van der Waals surface area contributed by atoms with Crippen LogP contribution in [0, 0.1) is 0 Å². The molecule has 0 spiro atoms. The van der Waals surface area contributed by atoms with Crippen molar-refractivity contribution in [3.8, 4) is 0 Å². The first-order chi connectivity index (χ1) is 6.91. The number of rotatable bonds is 3. The Balaban J connectivity index is 3.13. The summed E-state index contributed by atoms with van der Waals surface area (Å²) < 4.78 is 0. The third-order valence-corrected chi connectivity index (χ3v) is 2.15. The lowest BCUT2D eigenvalue weighted by molar-refractivity contribution is 0.771. The smallest absolute Gasteiger partial charge is 0.157 e. The molecule has 0 bridgehead atoms. The number of hydrogen-bond donors (Lipinski definition) is 2. The van der Waals surface area contributed by atoms with Gasteiger partial charge in [0.05, 0.1) is 0 Å². The highest BCUT2D eigenvalue weighted by atomic mass is 35.5. The van der Waals surface area contributed by atoms with E-state index in [0.717, 1.165) is 0 Å². The Morgan fingerprint density at radius 2 is 1.80 bits per heavy atom. The summed E-state index contributed by atoms with van der Waals surface area (Å²) in [5.74, 6) is 1.56. The van der Waals surface area contributed by atoms with E-state index < -0.39 is 0 Å². The summed E-state index contributed by atoms with van der Waals surface area (Å²) in [6, 6.07) is 0.262. The number of nitrogens with zero attached hydrogens (tertiary/aromatic N) is 2. The van der Waals surface area contributed by atoms with Crippen LogP contribution in [0.1, 0.15) is 39.4 Å². The molecule has 1 rings (SSSR count). The molecule has 0 aromatic carbocycles. The van der Waals surface area contributed by atoms with Gasteiger partial charge in [-0.3, -0.25) is 0 Å². The van der Waals surface area contributed by atoms with Gasteiger partial charge in [-0.25, -0.2) is 9.97 Å². The maximum absolute atomic E-state index is 5.93. The summed E-state index contributed by atoms with van der Waals surface area (Å²) >= 11 is 5.93. The molecule has 0 aliphatic rings. The van der Waals surface area contributed by atoms with Crippen molar-refractivity contribution in [2.24, 2.45) is 0 Å². The molecule has 0 saturated heterocycles. The minimum atomic E-state index is 0.232. The van der Waals surface area contributed by atoms with Gasteiger partial charge in [-0.05, 0) is 13.8 Å². The van der Waals surface area contributed by atoms with E-state index in [-0.39, 0.29) is 12.0 Å². The first-order valence-electron chi connectivity index (χ1n) is 5.01. The molecule has 1 aromatic heterocycles. The molecule has 3 N–H and O–H groups in total. The van der Waals surface area contributed by atoms with Crippen LogP contribution in [0.5, 0.6) is 0 Å². The van der Waals surface area contributed by atoms with Gasteiger partial charge in [-0.15, -0.1) is 0 Å². The predicted molar refractivity (Wildman–Crippen MR) is 64.3 cm³/mol. The number of aromatic nitrogens is 2. The fraction of sp³-hybridized carbons (Fsp3) is 0.600. The van der Waals surface area contributed by atoms with Crippen molar-refractivity contribution < 1.29 is 0 Å². The number of hydrogen-bond acceptors (Lipinski definition) is 4. The Kier molecular flexibility index (Phi) is 3.74. The van der Waals surface area contributed by atoms with Gasteiger partial charge in [0.15, 0.2) is 11.0 Å². The minimum Gasteiger partial charge on any atom is -0.393 e. The lowest BCUT2D eigenvalue weighted by Crippen LogP contribution is -2.15. The quantitative estimate of drug-likeness (QED) is 0.781. The average molecular weight is 229 g/mol. The summed E-state index contributed by atoms with van der Waals surface area (Å²) in [5.41, 5.74) is 6.19. The molecule has 0 aliphatic heterocycles. The zero-order valence-corrected chi connectivity index (χ0v) is 10.3. The molecule has 1 heterocycles. The number of nitrogens with one attached hydrogen (secondary N) is 1. The van der Waals surface area contributed by atoms with E-state index in [4.69, 9.17) is 17.3 Å². The van der Waals surface area contributed by atoms with Gasteiger partial charge in [0.1, 0.15) is 11.5 Å². The van der Waals surface area contributed by atoms with Crippen LogP contribution in [0.3, 0.4) is 0 Å². The highest BCUT2D eigenvalue weighted by Gasteiger charge is 2.12. The summed E-state index contributed by atoms with van der Waals surface area (Å²) in [5, 5.41) is 3.47. The second kappa shape index (κ2) is 4.66. The summed E-state index contributed by atoms with van der Waals surface area (Å²) in [6.07, 6.45) is 0. The van der Waals surface area contributed by atoms with Gasteiger partial charge < -0.3 is 11.1 Å². The van der Waals surface area contributed by atoms with E-state index in [0.29, 0.717) is 22.5 Å². The van der Waals surface area contributed by atoms with Crippen LogP contribution in [-0.2, 0) is 0 Å². The molecule has 0 atom stereocenters. The molecule has 5 heteroatoms. The Hall–Kier alpha value is -1.03. The van der Waals surface area contributed by atoms with Crippen LogP contribution < -0.4 is 11.1 Å². The molecule has 0 unspecified atom stereocenters. The zero-order valence-electron chi connectivity index (χ0n) is 9.50. The van der Waals surface area contributed by atoms with Gasteiger partial charge in [0, 0.05) is 12.0 Å². The number of nitrogens with two attached hydrogens (primary N) is 1. The summed E-state index contributed by atoms with van der Waals surface area (Å²) in [4.78, 5) is 8.47. The Bertz CT molecular complexity index is 350. The third-order valence-electron chi connectivity index (χ3n) is 1.86. The number of halogens is 1. The van der Waals surface area contributed by atoms with Gasteiger partial charge >= 0.3 is 0 Å². The number of nitrogen functional groups attached to an aromatic ring is 1. The van der Waals surface area contributed by atoms with E-state index in [1.807, 2.05) is 27.7 Å². The molecule has 0 saturated carbocycles. The van der Waals surface area contributed by atoms with Crippen molar-refractivity contribution in [1.82, 2.24) is 9.97 Å². The molecule has 84 valence electrons. The lowest BCUT2D eigenvalue weighted by atomic mass is 10.2. The zero-order chi connectivity index (χ0) is 11.6. The second-order valence-electron chi connectivity index (χ2n) is 4.09. The van der Waals surface area contributed by atoms with Crippen LogP contribution in [0.2, 0.25) is 5.15 Å². The minimum absolute atomic E-state index is 0.232. The predicted octanol–water partition coefficient (Wildman–Crippen LogP) is 2.66. The van der Waals surface area contributed by atoms with E-state index in [2.05, 4.69) is 15.3 Å². The van der Waals surface area contributed by atoms with Gasteiger partial charge in [-0.2, -0.15) is 0 Å². The summed E-state index contributed by atoms with van der Waals surface area (Å²) in [6.45, 7) is 8.07. The second-order valence-corrected chi connectivity index (χ2v) is 4.45. The van der Waals surface area contributed by atoms with Crippen LogP contribution in [-0.4, -0.2) is 16.0 Å². The largest absolute Gasteiger partial charge is 0.393 e. The van der Waals surface area contributed by atoms with Crippen LogP contribution in [0.4, 0.5) is 11.5 Å². The highest BCUT2D eigenvalue weighted by molar-refractivity contribution is 6.32. The average Bonchev–Trinajstić information content (AvgIpc) is 2.11. The lowest BCUT2D eigenvalue weighted by Gasteiger charge is -2.14. The topological polar surface area (TPSA) is 63.8 Å². The van der Waals surface area contributed by atoms with Crippen molar-refractivity contribution in [3.05, 3.63) is 11.0 Å². The standard InChI is InChI=1S/C10H17ClN4/c1-5(2)9-14-8(11)7(12)10(15-9)13-6(3)4/h5-6H,12H2,1-4H3,(H,13,14,15). The monoisotopic (exact) mass is 228 g/mol. The molecule has 0 aliphatic carbocycles. The molecule has 15 heavy (non-hydrogen) atoms. The van der Waals surface area contributed by atoms with Crippen LogP contribution in [0.15, 0.2) is 0 Å². The van der Waals surface area contributed by atoms with Gasteiger partial charge in [-0.1, -0.05) is 25.4 Å². The van der Waals surface area contributed by atoms with Crippen molar-refractivity contribution in [2.45, 2.75) is 39.7 Å². The van der Waals surface area contributed by atoms with Crippen molar-refractivity contribution in [1.29, 1.82) is 0 Å². The van der Waals surface area contributed by atoms with E-state index >= 15 is 0 Å². The third kappa shape index (κ3) is 2.96. The Morgan fingerprint density at radius 1 is 1.20 bits per heavy atom. The number of anilines is 2. The van der Waals surface area contributed by atoms with Crippen LogP contribution >= 0.6 is 11.6 Å². The van der Waals surface area contributed by atoms with E-state index in [1.54, 1.807) is 0 Å². The SMILES string of the molecule is CC(C)Nc1nc(C(C)C)nc(Cl)c1N. The first-order valence-corrected chi connectivity index (χ1v) is 5.39. The molecule has 0 fully saturated rings. The Morgan fingerprint density at radius 3 is 2.27 bits per heavy atom. The van der Waals surface area contributed by atoms with E-state index in [9.17, 15) is 0 Å². The maximum atomic E-state index is 5.93. The van der Waals surface area contributed by atoms with Crippen molar-refractivity contribution in [2.75, 3.05) is 11.1 Å². The van der Waals surface area contributed by atoms with Crippen molar-refractivity contribution in [3.63, 3.8) is 0 Å². The molecule has 4 nitrogen and oxygen atoms in total. The van der Waals surface area contributed by atoms with Gasteiger partial charge in [0.25, 0.3) is 0 Å². The van der Waals surface area contributed by atoms with Crippen molar-refractivity contribution >= 4 is 23.1 Å². The summed E-state index contributed by atoms with van der Waals surface area (Å²) in [7, 11) is 0. The molecule has 1 aromatic rings. The molecule has 0 radical (unpaired) electrons. The maximum Gasteiger partial charge on any atom is 0.157 e.